The molecule has 0 spiro atoms. The monoisotopic (exact) mass is 266 g/mol. The number of nitrogens with two attached hydrogens (primary N) is 1. The Morgan fingerprint density at radius 3 is 2.67 bits per heavy atom. The summed E-state index contributed by atoms with van der Waals surface area (Å²) in [6.07, 6.45) is 0. The number of anilines is 3. The van der Waals surface area contributed by atoms with Crippen molar-refractivity contribution >= 4 is 28.9 Å². The van der Waals surface area contributed by atoms with Crippen LogP contribution >= 0.6 is 11.6 Å². The number of halogens is 2. The third kappa shape index (κ3) is 2.51. The fourth-order valence-electron chi connectivity index (χ4n) is 1.48. The molecule has 0 aliphatic carbocycles. The Kier molecular flexibility index (Phi) is 3.34. The number of nitrogens with zero attached hydrogens (tertiary/aromatic N) is 2. The zero-order valence-corrected chi connectivity index (χ0v) is 10.7. The number of hydrogen-bond donors (Lipinski definition) is 2. The lowest BCUT2D eigenvalue weighted by atomic mass is 10.2. The number of hydrogen-bond acceptors (Lipinski definition) is 4. The van der Waals surface area contributed by atoms with Crippen LogP contribution in [-0.4, -0.2) is 9.97 Å². The van der Waals surface area contributed by atoms with Gasteiger partial charge >= 0.3 is 0 Å². The van der Waals surface area contributed by atoms with Crippen molar-refractivity contribution in [2.45, 2.75) is 13.8 Å². The zero-order valence-electron chi connectivity index (χ0n) is 9.96. The van der Waals surface area contributed by atoms with Gasteiger partial charge in [0.25, 0.3) is 0 Å². The lowest BCUT2D eigenvalue weighted by molar-refractivity contribution is 0.628. The highest BCUT2D eigenvalue weighted by molar-refractivity contribution is 6.31. The first-order valence-corrected chi connectivity index (χ1v) is 5.68. The SMILES string of the molecule is Cc1nc(N)c(C)c(Nc2ccc(F)c(Cl)c2)n1. The minimum Gasteiger partial charge on any atom is -0.383 e. The predicted molar refractivity (Wildman–Crippen MR) is 70.6 cm³/mol. The number of nitrogens with one attached hydrogen (secondary N) is 1. The second kappa shape index (κ2) is 4.78. The first kappa shape index (κ1) is 12.6. The van der Waals surface area contributed by atoms with Crippen molar-refractivity contribution in [3.8, 4) is 0 Å². The van der Waals surface area contributed by atoms with E-state index < -0.39 is 5.82 Å². The van der Waals surface area contributed by atoms with Gasteiger partial charge in [-0.25, -0.2) is 14.4 Å². The molecular weight excluding hydrogens is 255 g/mol. The summed E-state index contributed by atoms with van der Waals surface area (Å²) in [6, 6.07) is 4.36. The maximum absolute atomic E-state index is 13.0. The fourth-order valence-corrected chi connectivity index (χ4v) is 1.66. The molecule has 0 saturated carbocycles. The average Bonchev–Trinajstić information content (AvgIpc) is 2.30. The zero-order chi connectivity index (χ0) is 13.3. The normalized spacial score (nSPS) is 10.4. The summed E-state index contributed by atoms with van der Waals surface area (Å²) in [7, 11) is 0. The van der Waals surface area contributed by atoms with E-state index in [0.717, 1.165) is 5.56 Å². The standard InChI is InChI=1S/C12H12ClFN4/c1-6-11(15)16-7(2)17-12(6)18-8-3-4-10(14)9(13)5-8/h3-5H,1-2H3,(H3,15,16,17,18). The van der Waals surface area contributed by atoms with Crippen LogP contribution in [0.15, 0.2) is 18.2 Å². The smallest absolute Gasteiger partial charge is 0.141 e. The Hall–Kier alpha value is -1.88. The van der Waals surface area contributed by atoms with Gasteiger partial charge in [-0.1, -0.05) is 11.6 Å². The van der Waals surface area contributed by atoms with Crippen LogP contribution in [0, 0.1) is 19.7 Å². The van der Waals surface area contributed by atoms with E-state index in [2.05, 4.69) is 15.3 Å². The molecule has 2 aromatic rings. The second-order valence-corrected chi connectivity index (χ2v) is 4.29. The third-order valence-electron chi connectivity index (χ3n) is 2.48. The topological polar surface area (TPSA) is 63.8 Å². The van der Waals surface area contributed by atoms with Crippen LogP contribution in [0.25, 0.3) is 0 Å². The number of rotatable bonds is 2. The molecule has 0 bridgehead atoms. The van der Waals surface area contributed by atoms with Crippen molar-refractivity contribution in [3.63, 3.8) is 0 Å². The van der Waals surface area contributed by atoms with Crippen molar-refractivity contribution in [3.05, 3.63) is 40.4 Å². The first-order valence-electron chi connectivity index (χ1n) is 5.30. The second-order valence-electron chi connectivity index (χ2n) is 3.88. The van der Waals surface area contributed by atoms with Crippen LogP contribution in [-0.2, 0) is 0 Å². The molecule has 2 rings (SSSR count). The maximum atomic E-state index is 13.0. The predicted octanol–water partition coefficient (Wildman–Crippen LogP) is 3.21. The quantitative estimate of drug-likeness (QED) is 0.876. The van der Waals surface area contributed by atoms with Crippen LogP contribution in [0.4, 0.5) is 21.7 Å². The van der Waals surface area contributed by atoms with Gasteiger partial charge in [0.2, 0.25) is 0 Å². The van der Waals surface area contributed by atoms with E-state index in [1.807, 2.05) is 6.92 Å². The fraction of sp³-hybridized carbons (Fsp3) is 0.167. The summed E-state index contributed by atoms with van der Waals surface area (Å²) < 4.78 is 13.0. The van der Waals surface area contributed by atoms with E-state index >= 15 is 0 Å². The molecule has 18 heavy (non-hydrogen) atoms. The lowest BCUT2D eigenvalue weighted by Crippen LogP contribution is -2.04. The summed E-state index contributed by atoms with van der Waals surface area (Å²) in [5, 5.41) is 3.09. The van der Waals surface area contributed by atoms with Gasteiger partial charge in [0.1, 0.15) is 23.3 Å². The Bertz CT molecular complexity index is 601. The van der Waals surface area contributed by atoms with E-state index in [1.165, 1.54) is 12.1 Å². The average molecular weight is 267 g/mol. The summed E-state index contributed by atoms with van der Waals surface area (Å²) in [5.41, 5.74) is 7.13. The van der Waals surface area contributed by atoms with E-state index in [9.17, 15) is 4.39 Å². The number of aryl methyl sites for hydroxylation is 1. The highest BCUT2D eigenvalue weighted by Crippen LogP contribution is 2.25. The third-order valence-corrected chi connectivity index (χ3v) is 2.77. The van der Waals surface area contributed by atoms with Crippen molar-refractivity contribution in [2.75, 3.05) is 11.1 Å². The van der Waals surface area contributed by atoms with Crippen molar-refractivity contribution in [1.82, 2.24) is 9.97 Å². The summed E-state index contributed by atoms with van der Waals surface area (Å²) in [6.45, 7) is 3.56. The minimum absolute atomic E-state index is 0.0522. The summed E-state index contributed by atoms with van der Waals surface area (Å²) in [5.74, 6) is 1.10. The molecule has 1 heterocycles. The molecule has 4 nitrogen and oxygen atoms in total. The van der Waals surface area contributed by atoms with Gasteiger partial charge in [0.05, 0.1) is 5.02 Å². The Morgan fingerprint density at radius 2 is 2.00 bits per heavy atom. The molecule has 0 atom stereocenters. The van der Waals surface area contributed by atoms with Crippen LogP contribution in [0.5, 0.6) is 0 Å². The summed E-state index contributed by atoms with van der Waals surface area (Å²) >= 11 is 5.71. The van der Waals surface area contributed by atoms with Crippen LogP contribution in [0.2, 0.25) is 5.02 Å². The number of aromatic nitrogens is 2. The Balaban J connectivity index is 2.36. The van der Waals surface area contributed by atoms with E-state index in [1.54, 1.807) is 13.0 Å². The van der Waals surface area contributed by atoms with E-state index in [4.69, 9.17) is 17.3 Å². The number of benzene rings is 1. The molecule has 0 fully saturated rings. The number of nitrogen functional groups attached to an aromatic ring is 1. The molecule has 0 unspecified atom stereocenters. The van der Waals surface area contributed by atoms with Crippen LogP contribution in [0.1, 0.15) is 11.4 Å². The van der Waals surface area contributed by atoms with E-state index in [-0.39, 0.29) is 5.02 Å². The van der Waals surface area contributed by atoms with Gasteiger partial charge < -0.3 is 11.1 Å². The molecular formula is C12H12ClFN4. The van der Waals surface area contributed by atoms with Crippen molar-refractivity contribution < 1.29 is 4.39 Å². The highest BCUT2D eigenvalue weighted by atomic mass is 35.5. The highest BCUT2D eigenvalue weighted by Gasteiger charge is 2.08. The molecule has 0 aliphatic rings. The first-order chi connectivity index (χ1) is 8.47. The molecule has 3 N–H and O–H groups in total. The largest absolute Gasteiger partial charge is 0.383 e. The molecule has 0 amide bonds. The van der Waals surface area contributed by atoms with Gasteiger partial charge in [-0.15, -0.1) is 0 Å². The molecule has 94 valence electrons. The van der Waals surface area contributed by atoms with E-state index in [0.29, 0.717) is 23.1 Å². The molecule has 6 heteroatoms. The summed E-state index contributed by atoms with van der Waals surface area (Å²) in [4.78, 5) is 8.29. The lowest BCUT2D eigenvalue weighted by Gasteiger charge is -2.11. The van der Waals surface area contributed by atoms with Crippen LogP contribution < -0.4 is 11.1 Å². The van der Waals surface area contributed by atoms with Gasteiger partial charge in [-0.2, -0.15) is 0 Å². The molecule has 0 radical (unpaired) electrons. The van der Waals surface area contributed by atoms with Crippen LogP contribution in [0.3, 0.4) is 0 Å². The van der Waals surface area contributed by atoms with Crippen molar-refractivity contribution in [2.24, 2.45) is 0 Å². The van der Waals surface area contributed by atoms with Gasteiger partial charge in [0.15, 0.2) is 0 Å². The Morgan fingerprint density at radius 1 is 1.28 bits per heavy atom. The van der Waals surface area contributed by atoms with Gasteiger partial charge in [-0.05, 0) is 32.0 Å². The van der Waals surface area contributed by atoms with Gasteiger partial charge in [0, 0.05) is 11.3 Å². The Labute approximate surface area is 109 Å². The molecule has 0 aliphatic heterocycles. The molecule has 1 aromatic carbocycles. The van der Waals surface area contributed by atoms with Gasteiger partial charge in [-0.3, -0.25) is 0 Å². The minimum atomic E-state index is -0.461. The molecule has 1 aromatic heterocycles. The maximum Gasteiger partial charge on any atom is 0.141 e. The van der Waals surface area contributed by atoms with Crippen molar-refractivity contribution in [1.29, 1.82) is 0 Å². The molecule has 0 saturated heterocycles.